The first-order valence-electron chi connectivity index (χ1n) is 8.25. The average Bonchev–Trinajstić information content (AvgIpc) is 2.99. The van der Waals surface area contributed by atoms with Gasteiger partial charge < -0.3 is 8.98 Å². The third-order valence-electron chi connectivity index (χ3n) is 4.28. The first kappa shape index (κ1) is 16.6. The number of thioether (sulfide) groups is 1. The number of hydrogen-bond acceptors (Lipinski definition) is 5. The standard InChI is InChI=1S/C20H17N3O2S/c1-3-10-23-13(2)21-22-20(23)26-12-15-11-18(24)25-17-9-8-14-6-4-5-7-16(14)19(15)17/h3-9,11H,1,10,12H2,2H3. The Morgan fingerprint density at radius 3 is 2.92 bits per heavy atom. The van der Waals surface area contributed by atoms with Crippen LogP contribution in [-0.2, 0) is 12.3 Å². The fraction of sp³-hybridized carbons (Fsp3) is 0.150. The summed E-state index contributed by atoms with van der Waals surface area (Å²) in [5, 5.41) is 12.4. The van der Waals surface area contributed by atoms with Crippen molar-refractivity contribution in [2.45, 2.75) is 24.4 Å². The monoisotopic (exact) mass is 363 g/mol. The maximum Gasteiger partial charge on any atom is 0.336 e. The molecule has 0 atom stereocenters. The van der Waals surface area contributed by atoms with Crippen LogP contribution >= 0.6 is 11.8 Å². The Labute approximate surface area is 154 Å². The Kier molecular flexibility index (Phi) is 4.34. The highest BCUT2D eigenvalue weighted by atomic mass is 32.2. The van der Waals surface area contributed by atoms with Gasteiger partial charge in [-0.05, 0) is 29.3 Å². The number of rotatable bonds is 5. The lowest BCUT2D eigenvalue weighted by Crippen LogP contribution is -2.02. The molecule has 0 aliphatic heterocycles. The minimum Gasteiger partial charge on any atom is -0.423 e. The van der Waals surface area contributed by atoms with Gasteiger partial charge in [-0.1, -0.05) is 48.2 Å². The second kappa shape index (κ2) is 6.80. The zero-order chi connectivity index (χ0) is 18.1. The minimum absolute atomic E-state index is 0.341. The summed E-state index contributed by atoms with van der Waals surface area (Å²) in [5.74, 6) is 1.45. The quantitative estimate of drug-likeness (QED) is 0.229. The number of aromatic nitrogens is 3. The third-order valence-corrected chi connectivity index (χ3v) is 5.30. The van der Waals surface area contributed by atoms with E-state index in [1.54, 1.807) is 17.8 Å². The van der Waals surface area contributed by atoms with E-state index in [-0.39, 0.29) is 5.63 Å². The zero-order valence-electron chi connectivity index (χ0n) is 14.3. The van der Waals surface area contributed by atoms with Gasteiger partial charge in [0.25, 0.3) is 0 Å². The summed E-state index contributed by atoms with van der Waals surface area (Å²) in [4.78, 5) is 12.0. The van der Waals surface area contributed by atoms with E-state index in [4.69, 9.17) is 4.42 Å². The molecule has 2 heterocycles. The molecular formula is C20H17N3O2S. The van der Waals surface area contributed by atoms with Crippen LogP contribution in [0.2, 0.25) is 0 Å². The van der Waals surface area contributed by atoms with Crippen LogP contribution in [0.4, 0.5) is 0 Å². The van der Waals surface area contributed by atoms with E-state index in [0.717, 1.165) is 32.7 Å². The second-order valence-corrected chi connectivity index (χ2v) is 6.91. The van der Waals surface area contributed by atoms with Gasteiger partial charge in [-0.25, -0.2) is 4.79 Å². The Hall–Kier alpha value is -2.86. The van der Waals surface area contributed by atoms with E-state index in [2.05, 4.69) is 28.9 Å². The predicted molar refractivity (Wildman–Crippen MR) is 105 cm³/mol. The molecule has 0 spiro atoms. The van der Waals surface area contributed by atoms with Gasteiger partial charge in [0.05, 0.1) is 0 Å². The first-order valence-corrected chi connectivity index (χ1v) is 9.24. The van der Waals surface area contributed by atoms with Crippen molar-refractivity contribution in [3.63, 3.8) is 0 Å². The van der Waals surface area contributed by atoms with Gasteiger partial charge in [-0.15, -0.1) is 16.8 Å². The van der Waals surface area contributed by atoms with Crippen LogP contribution in [0.15, 0.2) is 69.5 Å². The molecule has 4 rings (SSSR count). The van der Waals surface area contributed by atoms with Crippen molar-refractivity contribution in [2.75, 3.05) is 0 Å². The predicted octanol–water partition coefficient (Wildman–Crippen LogP) is 4.32. The molecule has 0 fully saturated rings. The topological polar surface area (TPSA) is 60.9 Å². The van der Waals surface area contributed by atoms with E-state index in [1.165, 1.54) is 0 Å². The molecule has 0 aliphatic carbocycles. The maximum atomic E-state index is 12.0. The molecule has 0 radical (unpaired) electrons. The highest BCUT2D eigenvalue weighted by Crippen LogP contribution is 2.31. The molecule has 26 heavy (non-hydrogen) atoms. The molecule has 0 aliphatic rings. The molecule has 0 bridgehead atoms. The number of benzene rings is 2. The number of aryl methyl sites for hydroxylation is 1. The van der Waals surface area contributed by atoms with Gasteiger partial charge in [0.1, 0.15) is 11.4 Å². The summed E-state index contributed by atoms with van der Waals surface area (Å²) in [7, 11) is 0. The van der Waals surface area contributed by atoms with Crippen LogP contribution in [0.5, 0.6) is 0 Å². The van der Waals surface area contributed by atoms with Crippen LogP contribution in [0.3, 0.4) is 0 Å². The van der Waals surface area contributed by atoms with Crippen molar-refractivity contribution in [2.24, 2.45) is 0 Å². The number of nitrogens with zero attached hydrogens (tertiary/aromatic N) is 3. The molecule has 4 aromatic rings. The van der Waals surface area contributed by atoms with Gasteiger partial charge in [0.15, 0.2) is 5.16 Å². The summed E-state index contributed by atoms with van der Waals surface area (Å²) in [6, 6.07) is 13.5. The zero-order valence-corrected chi connectivity index (χ0v) is 15.1. The number of hydrogen-bond donors (Lipinski definition) is 0. The van der Waals surface area contributed by atoms with E-state index in [1.807, 2.05) is 41.8 Å². The van der Waals surface area contributed by atoms with Gasteiger partial charge >= 0.3 is 5.63 Å². The smallest absolute Gasteiger partial charge is 0.336 e. The Morgan fingerprint density at radius 2 is 2.08 bits per heavy atom. The largest absolute Gasteiger partial charge is 0.423 e. The van der Waals surface area contributed by atoms with Crippen molar-refractivity contribution >= 4 is 33.5 Å². The van der Waals surface area contributed by atoms with Crippen molar-refractivity contribution in [3.05, 3.63) is 76.9 Å². The average molecular weight is 363 g/mol. The summed E-state index contributed by atoms with van der Waals surface area (Å²) in [5.41, 5.74) is 1.20. The van der Waals surface area contributed by atoms with Crippen molar-refractivity contribution < 1.29 is 4.42 Å². The first-order chi connectivity index (χ1) is 12.7. The maximum absolute atomic E-state index is 12.0. The molecular weight excluding hydrogens is 346 g/mol. The lowest BCUT2D eigenvalue weighted by molar-refractivity contribution is 0.560. The summed E-state index contributed by atoms with van der Waals surface area (Å²) >= 11 is 1.55. The van der Waals surface area contributed by atoms with E-state index in [0.29, 0.717) is 17.9 Å². The highest BCUT2D eigenvalue weighted by molar-refractivity contribution is 7.98. The fourth-order valence-electron chi connectivity index (χ4n) is 3.08. The lowest BCUT2D eigenvalue weighted by atomic mass is 10.0. The van der Waals surface area contributed by atoms with Crippen LogP contribution in [0, 0.1) is 6.92 Å². The minimum atomic E-state index is -0.341. The molecule has 2 aromatic heterocycles. The number of allylic oxidation sites excluding steroid dienone is 1. The molecule has 0 saturated carbocycles. The van der Waals surface area contributed by atoms with Crippen LogP contribution < -0.4 is 5.63 Å². The molecule has 0 amide bonds. The Morgan fingerprint density at radius 1 is 1.23 bits per heavy atom. The van der Waals surface area contributed by atoms with Gasteiger partial charge in [-0.3, -0.25) is 0 Å². The summed E-state index contributed by atoms with van der Waals surface area (Å²) in [6.45, 7) is 6.36. The van der Waals surface area contributed by atoms with Crippen LogP contribution in [0.25, 0.3) is 21.7 Å². The van der Waals surface area contributed by atoms with E-state index in [9.17, 15) is 4.79 Å². The van der Waals surface area contributed by atoms with Gasteiger partial charge in [0.2, 0.25) is 0 Å². The van der Waals surface area contributed by atoms with Crippen molar-refractivity contribution in [3.8, 4) is 0 Å². The fourth-order valence-corrected chi connectivity index (χ4v) is 4.06. The third kappa shape index (κ3) is 2.93. The molecule has 0 N–H and O–H groups in total. The van der Waals surface area contributed by atoms with Crippen LogP contribution in [0.1, 0.15) is 11.4 Å². The van der Waals surface area contributed by atoms with Crippen LogP contribution in [-0.4, -0.2) is 14.8 Å². The lowest BCUT2D eigenvalue weighted by Gasteiger charge is -2.09. The SMILES string of the molecule is C=CCn1c(C)nnc1SCc1cc(=O)oc2ccc3ccccc3c12. The normalized spacial score (nSPS) is 11.3. The molecule has 2 aromatic carbocycles. The van der Waals surface area contributed by atoms with Crippen molar-refractivity contribution in [1.82, 2.24) is 14.8 Å². The Balaban J connectivity index is 1.80. The van der Waals surface area contributed by atoms with Gasteiger partial charge in [-0.2, -0.15) is 0 Å². The van der Waals surface area contributed by atoms with Crippen molar-refractivity contribution in [1.29, 1.82) is 0 Å². The highest BCUT2D eigenvalue weighted by Gasteiger charge is 2.13. The number of fused-ring (bicyclic) bond motifs is 3. The van der Waals surface area contributed by atoms with Gasteiger partial charge in [0, 0.05) is 23.8 Å². The Bertz CT molecular complexity index is 1180. The summed E-state index contributed by atoms with van der Waals surface area (Å²) < 4.78 is 7.42. The van der Waals surface area contributed by atoms with E-state index >= 15 is 0 Å². The second-order valence-electron chi connectivity index (χ2n) is 5.97. The molecule has 0 unspecified atom stereocenters. The molecule has 130 valence electrons. The van der Waals surface area contributed by atoms with E-state index < -0.39 is 0 Å². The molecule has 5 nitrogen and oxygen atoms in total. The molecule has 6 heteroatoms. The molecule has 0 saturated heterocycles. The summed E-state index contributed by atoms with van der Waals surface area (Å²) in [6.07, 6.45) is 1.82.